The van der Waals surface area contributed by atoms with E-state index in [0.717, 1.165) is 0 Å². The van der Waals surface area contributed by atoms with Crippen LogP contribution < -0.4 is 11.0 Å². The Bertz CT molecular complexity index is 826. The van der Waals surface area contributed by atoms with Gasteiger partial charge >= 0.3 is 5.69 Å². The molecule has 3 heterocycles. The summed E-state index contributed by atoms with van der Waals surface area (Å²) in [6.45, 7) is 0.254. The molecule has 0 aliphatic heterocycles. The van der Waals surface area contributed by atoms with Crippen LogP contribution in [0.1, 0.15) is 16.2 Å². The van der Waals surface area contributed by atoms with Crippen LogP contribution in [-0.2, 0) is 6.54 Å². The minimum Gasteiger partial charge on any atom is -0.463 e. The van der Waals surface area contributed by atoms with Crippen molar-refractivity contribution in [1.29, 1.82) is 0 Å². The highest BCUT2D eigenvalue weighted by molar-refractivity contribution is 5.92. The highest BCUT2D eigenvalue weighted by atomic mass is 16.3. The van der Waals surface area contributed by atoms with Crippen molar-refractivity contribution in [2.75, 3.05) is 0 Å². The second-order valence-electron chi connectivity index (χ2n) is 4.47. The number of nitrogens with one attached hydrogen (secondary N) is 2. The third-order valence-electron chi connectivity index (χ3n) is 2.92. The van der Waals surface area contributed by atoms with Gasteiger partial charge in [-0.05, 0) is 30.3 Å². The number of carbonyl (C=O) groups is 1. The number of H-pyrrole nitrogens is 1. The summed E-state index contributed by atoms with van der Waals surface area (Å²) in [6, 6.07) is 10.2. The molecule has 0 aliphatic rings. The molecular weight excluding hydrogens is 284 g/mol. The highest BCUT2D eigenvalue weighted by Crippen LogP contribution is 2.16. The first-order valence-electron chi connectivity index (χ1n) is 6.56. The van der Waals surface area contributed by atoms with E-state index in [1.165, 1.54) is 12.3 Å². The predicted molar refractivity (Wildman–Crippen MR) is 78.0 cm³/mol. The lowest BCUT2D eigenvalue weighted by Gasteiger charge is -2.05. The molecule has 2 N–H and O–H groups in total. The summed E-state index contributed by atoms with van der Waals surface area (Å²) in [5.41, 5.74) is 0.517. The number of aromatic nitrogens is 3. The Morgan fingerprint density at radius 3 is 2.91 bits per heavy atom. The third kappa shape index (κ3) is 3.09. The number of furan rings is 1. The second kappa shape index (κ2) is 6.04. The van der Waals surface area contributed by atoms with Gasteiger partial charge in [0, 0.05) is 6.20 Å². The zero-order valence-corrected chi connectivity index (χ0v) is 11.4. The maximum Gasteiger partial charge on any atom is 0.346 e. The average Bonchev–Trinajstić information content (AvgIpc) is 3.07. The van der Waals surface area contributed by atoms with Gasteiger partial charge in [-0.1, -0.05) is 6.07 Å². The molecule has 1 amide bonds. The molecular formula is C15H12N4O3. The van der Waals surface area contributed by atoms with Crippen LogP contribution in [0.5, 0.6) is 0 Å². The lowest BCUT2D eigenvalue weighted by atomic mass is 10.2. The van der Waals surface area contributed by atoms with E-state index in [1.54, 1.807) is 30.5 Å². The number of amides is 1. The molecule has 0 radical (unpaired) electrons. The molecule has 3 aromatic rings. The van der Waals surface area contributed by atoms with Crippen molar-refractivity contribution >= 4 is 5.91 Å². The molecule has 0 spiro atoms. The van der Waals surface area contributed by atoms with E-state index >= 15 is 0 Å². The fourth-order valence-electron chi connectivity index (χ4n) is 1.90. The Balaban J connectivity index is 1.79. The van der Waals surface area contributed by atoms with E-state index in [-0.39, 0.29) is 12.2 Å². The summed E-state index contributed by atoms with van der Waals surface area (Å²) in [5, 5.41) is 2.67. The van der Waals surface area contributed by atoms with Gasteiger partial charge < -0.3 is 14.7 Å². The number of pyridine rings is 1. The molecule has 0 atom stereocenters. The van der Waals surface area contributed by atoms with Gasteiger partial charge in [0.05, 0.1) is 24.2 Å². The van der Waals surface area contributed by atoms with Gasteiger partial charge in [-0.25, -0.2) is 4.79 Å². The second-order valence-corrected chi connectivity index (χ2v) is 4.47. The molecule has 0 aromatic carbocycles. The van der Waals surface area contributed by atoms with Crippen LogP contribution in [0, 0.1) is 0 Å². The number of carbonyl (C=O) groups excluding carboxylic acids is 1. The van der Waals surface area contributed by atoms with Gasteiger partial charge in [0.25, 0.3) is 5.91 Å². The van der Waals surface area contributed by atoms with E-state index in [9.17, 15) is 9.59 Å². The molecule has 110 valence electrons. The van der Waals surface area contributed by atoms with Crippen LogP contribution in [-0.4, -0.2) is 20.9 Å². The zero-order valence-electron chi connectivity index (χ0n) is 11.4. The number of nitrogens with zero attached hydrogens (tertiary/aromatic N) is 2. The summed E-state index contributed by atoms with van der Waals surface area (Å²) in [4.78, 5) is 34.0. The SMILES string of the molecule is O=C(NCc1ccccn1)c1cc(-c2ccco2)[nH]c(=O)n1. The quantitative estimate of drug-likeness (QED) is 0.757. The van der Waals surface area contributed by atoms with Crippen LogP contribution in [0.15, 0.2) is 58.1 Å². The minimum absolute atomic E-state index is 0.0195. The van der Waals surface area contributed by atoms with Crippen molar-refractivity contribution in [2.45, 2.75) is 6.54 Å². The van der Waals surface area contributed by atoms with Gasteiger partial charge in [-0.3, -0.25) is 9.78 Å². The Morgan fingerprint density at radius 1 is 1.27 bits per heavy atom. The molecule has 22 heavy (non-hydrogen) atoms. The first kappa shape index (κ1) is 13.7. The molecule has 0 bridgehead atoms. The lowest BCUT2D eigenvalue weighted by Crippen LogP contribution is -2.27. The van der Waals surface area contributed by atoms with E-state index in [0.29, 0.717) is 17.1 Å². The molecule has 3 aromatic heterocycles. The van der Waals surface area contributed by atoms with Gasteiger partial charge in [-0.2, -0.15) is 4.98 Å². The Labute approximate surface area is 125 Å². The average molecular weight is 296 g/mol. The molecule has 0 aliphatic carbocycles. The van der Waals surface area contributed by atoms with E-state index in [1.807, 2.05) is 6.07 Å². The Morgan fingerprint density at radius 2 is 2.18 bits per heavy atom. The zero-order chi connectivity index (χ0) is 15.4. The smallest absolute Gasteiger partial charge is 0.346 e. The lowest BCUT2D eigenvalue weighted by molar-refractivity contribution is 0.0945. The Kier molecular flexibility index (Phi) is 3.78. The summed E-state index contributed by atoms with van der Waals surface area (Å²) < 4.78 is 5.20. The summed E-state index contributed by atoms with van der Waals surface area (Å²) >= 11 is 0. The normalized spacial score (nSPS) is 10.4. The van der Waals surface area contributed by atoms with Crippen molar-refractivity contribution in [3.8, 4) is 11.5 Å². The third-order valence-corrected chi connectivity index (χ3v) is 2.92. The van der Waals surface area contributed by atoms with Crippen LogP contribution in [0.4, 0.5) is 0 Å². The number of hydrogen-bond donors (Lipinski definition) is 2. The standard InChI is InChI=1S/C15H12N4O3/c20-14(17-9-10-4-1-2-6-16-10)12-8-11(18-15(21)19-12)13-5-3-7-22-13/h1-8H,9H2,(H,17,20)(H,18,19,21). The van der Waals surface area contributed by atoms with Gasteiger partial charge in [0.15, 0.2) is 0 Å². The first-order valence-corrected chi connectivity index (χ1v) is 6.56. The highest BCUT2D eigenvalue weighted by Gasteiger charge is 2.12. The van der Waals surface area contributed by atoms with Crippen molar-refractivity contribution < 1.29 is 9.21 Å². The van der Waals surface area contributed by atoms with E-state index in [2.05, 4.69) is 20.3 Å². The molecule has 3 rings (SSSR count). The molecule has 7 nitrogen and oxygen atoms in total. The molecule has 7 heteroatoms. The van der Waals surface area contributed by atoms with Crippen molar-refractivity contribution in [1.82, 2.24) is 20.3 Å². The predicted octanol–water partition coefficient (Wildman–Crippen LogP) is 1.35. The summed E-state index contributed by atoms with van der Waals surface area (Å²) in [7, 11) is 0. The van der Waals surface area contributed by atoms with Crippen LogP contribution in [0.3, 0.4) is 0 Å². The molecule has 0 saturated heterocycles. The number of hydrogen-bond acceptors (Lipinski definition) is 5. The first-order chi connectivity index (χ1) is 10.7. The van der Waals surface area contributed by atoms with Crippen molar-refractivity contribution in [3.63, 3.8) is 0 Å². The minimum atomic E-state index is -0.614. The maximum atomic E-state index is 12.1. The van der Waals surface area contributed by atoms with Crippen LogP contribution >= 0.6 is 0 Å². The monoisotopic (exact) mass is 296 g/mol. The Hall–Kier alpha value is -3.22. The fraction of sp³-hybridized carbons (Fsp3) is 0.0667. The van der Waals surface area contributed by atoms with Gasteiger partial charge in [-0.15, -0.1) is 0 Å². The van der Waals surface area contributed by atoms with Crippen LogP contribution in [0.25, 0.3) is 11.5 Å². The summed E-state index contributed by atoms with van der Waals surface area (Å²) in [5.74, 6) is 0.00263. The van der Waals surface area contributed by atoms with E-state index in [4.69, 9.17) is 4.42 Å². The van der Waals surface area contributed by atoms with Crippen molar-refractivity contribution in [2.24, 2.45) is 0 Å². The topological polar surface area (TPSA) is 101 Å². The van der Waals surface area contributed by atoms with Crippen LogP contribution in [0.2, 0.25) is 0 Å². The largest absolute Gasteiger partial charge is 0.463 e. The number of rotatable bonds is 4. The van der Waals surface area contributed by atoms with E-state index < -0.39 is 11.6 Å². The van der Waals surface area contributed by atoms with Gasteiger partial charge in [0.2, 0.25) is 0 Å². The molecule has 0 fully saturated rings. The maximum absolute atomic E-state index is 12.1. The van der Waals surface area contributed by atoms with Crippen molar-refractivity contribution in [3.05, 3.63) is 70.7 Å². The fourth-order valence-corrected chi connectivity index (χ4v) is 1.90. The number of aromatic amines is 1. The molecule has 0 saturated carbocycles. The van der Waals surface area contributed by atoms with Gasteiger partial charge in [0.1, 0.15) is 11.5 Å². The summed E-state index contributed by atoms with van der Waals surface area (Å²) in [6.07, 6.45) is 3.12. The molecule has 0 unspecified atom stereocenters.